The van der Waals surface area contributed by atoms with Crippen molar-refractivity contribution in [3.8, 4) is 0 Å². The molecule has 0 aliphatic carbocycles. The quantitative estimate of drug-likeness (QED) is 0.545. The van der Waals surface area contributed by atoms with Crippen molar-refractivity contribution in [2.75, 3.05) is 6.54 Å². The first-order valence-corrected chi connectivity index (χ1v) is 4.27. The smallest absolute Gasteiger partial charge is 0.328 e. The lowest BCUT2D eigenvalue weighted by Crippen LogP contribution is -2.35. The number of carbonyl (C=O) groups is 1. The highest BCUT2D eigenvalue weighted by Gasteiger charge is 2.16. The van der Waals surface area contributed by atoms with Crippen LogP contribution in [0.3, 0.4) is 0 Å². The van der Waals surface area contributed by atoms with Gasteiger partial charge in [0.05, 0.1) is 5.92 Å². The summed E-state index contributed by atoms with van der Waals surface area (Å²) in [6.07, 6.45) is 1.24. The van der Waals surface area contributed by atoms with Crippen LogP contribution in [0.5, 0.6) is 0 Å². The van der Waals surface area contributed by atoms with E-state index in [2.05, 4.69) is 0 Å². The highest BCUT2D eigenvalue weighted by molar-refractivity contribution is 5.70. The molecule has 0 amide bonds. The van der Waals surface area contributed by atoms with E-state index in [4.69, 9.17) is 10.8 Å². The molecule has 0 radical (unpaired) electrons. The number of nitrogens with two attached hydrogens (primary N) is 1. The highest BCUT2D eigenvalue weighted by Crippen LogP contribution is 1.96. The van der Waals surface area contributed by atoms with Crippen LogP contribution in [0.2, 0.25) is 0 Å². The average molecular weight is 213 g/mol. The molecule has 1 unspecified atom stereocenters. The molecule has 1 aromatic rings. The van der Waals surface area contributed by atoms with Gasteiger partial charge in [-0.15, -0.1) is 0 Å². The number of aliphatic carboxylic acids is 1. The molecule has 0 aliphatic heterocycles. The minimum atomic E-state index is -1.07. The van der Waals surface area contributed by atoms with Crippen molar-refractivity contribution in [1.29, 1.82) is 0 Å². The maximum atomic E-state index is 11.2. The topological polar surface area (TPSA) is 118 Å². The van der Waals surface area contributed by atoms with Crippen molar-refractivity contribution in [3.63, 3.8) is 0 Å². The number of nitrogens with one attached hydrogen (secondary N) is 1. The van der Waals surface area contributed by atoms with Crippen molar-refractivity contribution in [2.24, 2.45) is 11.7 Å². The third-order valence-corrected chi connectivity index (χ3v) is 1.95. The van der Waals surface area contributed by atoms with E-state index in [1.807, 2.05) is 4.98 Å². The van der Waals surface area contributed by atoms with Gasteiger partial charge >= 0.3 is 11.7 Å². The monoisotopic (exact) mass is 213 g/mol. The van der Waals surface area contributed by atoms with Crippen LogP contribution in [0.4, 0.5) is 0 Å². The second-order valence-corrected chi connectivity index (χ2v) is 3.03. The fraction of sp³-hybridized carbons (Fsp3) is 0.375. The number of aromatic nitrogens is 2. The normalized spacial score (nSPS) is 12.3. The minimum Gasteiger partial charge on any atom is -0.481 e. The van der Waals surface area contributed by atoms with Crippen molar-refractivity contribution < 1.29 is 9.90 Å². The van der Waals surface area contributed by atoms with Gasteiger partial charge in [-0.2, -0.15) is 0 Å². The molecule has 7 nitrogen and oxygen atoms in total. The molecule has 1 rings (SSSR count). The Hall–Kier alpha value is -1.89. The molecule has 1 atom stereocenters. The van der Waals surface area contributed by atoms with E-state index in [0.29, 0.717) is 0 Å². The molecule has 82 valence electrons. The second kappa shape index (κ2) is 4.56. The van der Waals surface area contributed by atoms with E-state index in [9.17, 15) is 14.4 Å². The third-order valence-electron chi connectivity index (χ3n) is 1.95. The Balaban J connectivity index is 2.94. The Morgan fingerprint density at radius 2 is 2.27 bits per heavy atom. The predicted molar refractivity (Wildman–Crippen MR) is 51.5 cm³/mol. The summed E-state index contributed by atoms with van der Waals surface area (Å²) >= 11 is 0. The first-order valence-electron chi connectivity index (χ1n) is 4.27. The molecule has 0 spiro atoms. The Bertz CT molecular complexity index is 461. The van der Waals surface area contributed by atoms with Crippen molar-refractivity contribution >= 4 is 5.97 Å². The molecule has 7 heteroatoms. The molecule has 0 aliphatic rings. The first kappa shape index (κ1) is 11.2. The van der Waals surface area contributed by atoms with Gasteiger partial charge in [-0.1, -0.05) is 0 Å². The Kier molecular flexibility index (Phi) is 3.40. The van der Waals surface area contributed by atoms with Crippen LogP contribution in [-0.4, -0.2) is 27.2 Å². The third kappa shape index (κ3) is 2.78. The summed E-state index contributed by atoms with van der Waals surface area (Å²) in [7, 11) is 0. The van der Waals surface area contributed by atoms with E-state index in [0.717, 1.165) is 10.6 Å². The minimum absolute atomic E-state index is 0.0541. The van der Waals surface area contributed by atoms with Gasteiger partial charge in [0.15, 0.2) is 0 Å². The van der Waals surface area contributed by atoms with Crippen LogP contribution in [0.25, 0.3) is 0 Å². The van der Waals surface area contributed by atoms with Crippen molar-refractivity contribution in [2.45, 2.75) is 6.54 Å². The number of hydrogen-bond acceptors (Lipinski definition) is 4. The summed E-state index contributed by atoms with van der Waals surface area (Å²) in [5.41, 5.74) is 4.08. The highest BCUT2D eigenvalue weighted by atomic mass is 16.4. The zero-order valence-corrected chi connectivity index (χ0v) is 7.84. The summed E-state index contributed by atoms with van der Waals surface area (Å²) in [6, 6.07) is 1.15. The maximum Gasteiger partial charge on any atom is 0.328 e. The fourth-order valence-corrected chi connectivity index (χ4v) is 1.08. The zero-order chi connectivity index (χ0) is 11.4. The maximum absolute atomic E-state index is 11.2. The van der Waals surface area contributed by atoms with Gasteiger partial charge < -0.3 is 10.8 Å². The Morgan fingerprint density at radius 1 is 1.60 bits per heavy atom. The summed E-state index contributed by atoms with van der Waals surface area (Å²) < 4.78 is 1.10. The van der Waals surface area contributed by atoms with Gasteiger partial charge in [-0.3, -0.25) is 19.1 Å². The fourth-order valence-electron chi connectivity index (χ4n) is 1.08. The van der Waals surface area contributed by atoms with E-state index >= 15 is 0 Å². The molecule has 0 aromatic carbocycles. The molecule has 0 saturated carbocycles. The lowest BCUT2D eigenvalue weighted by atomic mass is 10.1. The predicted octanol–water partition coefficient (Wildman–Crippen LogP) is -1.80. The van der Waals surface area contributed by atoms with Gasteiger partial charge in [0, 0.05) is 25.4 Å². The van der Waals surface area contributed by atoms with Gasteiger partial charge in [0.2, 0.25) is 0 Å². The standard InChI is InChI=1S/C8H11N3O4/c9-3-5(7(13)14)4-11-2-1-6(12)10-8(11)15/h1-2,5H,3-4,9H2,(H,13,14)(H,10,12,15). The van der Waals surface area contributed by atoms with Crippen molar-refractivity contribution in [1.82, 2.24) is 9.55 Å². The molecule has 15 heavy (non-hydrogen) atoms. The van der Waals surface area contributed by atoms with Gasteiger partial charge in [0.25, 0.3) is 5.56 Å². The zero-order valence-electron chi connectivity index (χ0n) is 7.84. The van der Waals surface area contributed by atoms with Crippen LogP contribution in [0.1, 0.15) is 0 Å². The number of nitrogens with zero attached hydrogens (tertiary/aromatic N) is 1. The van der Waals surface area contributed by atoms with E-state index < -0.39 is 23.1 Å². The Morgan fingerprint density at radius 3 is 2.73 bits per heavy atom. The number of rotatable bonds is 4. The largest absolute Gasteiger partial charge is 0.481 e. The Labute approximate surface area is 84.2 Å². The van der Waals surface area contributed by atoms with E-state index in [1.165, 1.54) is 6.20 Å². The number of hydrogen-bond donors (Lipinski definition) is 3. The van der Waals surface area contributed by atoms with Crippen LogP contribution in [-0.2, 0) is 11.3 Å². The molecular weight excluding hydrogens is 202 g/mol. The average Bonchev–Trinajstić information content (AvgIpc) is 2.16. The lowest BCUT2D eigenvalue weighted by molar-refractivity contribution is -0.141. The first-order chi connectivity index (χ1) is 7.04. The second-order valence-electron chi connectivity index (χ2n) is 3.03. The molecule has 1 heterocycles. The van der Waals surface area contributed by atoms with Crippen LogP contribution in [0, 0.1) is 5.92 Å². The van der Waals surface area contributed by atoms with Crippen LogP contribution >= 0.6 is 0 Å². The molecule has 0 fully saturated rings. The number of carboxylic acid groups (broad SMARTS) is 1. The van der Waals surface area contributed by atoms with Crippen LogP contribution < -0.4 is 17.0 Å². The van der Waals surface area contributed by atoms with Gasteiger partial charge in [-0.05, 0) is 0 Å². The molecular formula is C8H11N3O4. The number of aromatic amines is 1. The molecule has 0 bridgehead atoms. The summed E-state index contributed by atoms with van der Waals surface area (Å²) in [4.78, 5) is 34.6. The number of carboxylic acids is 1. The SMILES string of the molecule is NCC(Cn1ccc(=O)[nH]c1=O)C(=O)O. The molecule has 1 aromatic heterocycles. The van der Waals surface area contributed by atoms with E-state index in [-0.39, 0.29) is 13.1 Å². The van der Waals surface area contributed by atoms with Crippen molar-refractivity contribution in [3.05, 3.63) is 33.1 Å². The van der Waals surface area contributed by atoms with Gasteiger partial charge in [-0.25, -0.2) is 4.79 Å². The summed E-state index contributed by atoms with van der Waals surface area (Å²) in [6.45, 7) is -0.123. The lowest BCUT2D eigenvalue weighted by Gasteiger charge is -2.10. The van der Waals surface area contributed by atoms with Gasteiger partial charge in [0.1, 0.15) is 0 Å². The summed E-state index contributed by atoms with van der Waals surface area (Å²) in [5.74, 6) is -1.91. The van der Waals surface area contributed by atoms with E-state index in [1.54, 1.807) is 0 Å². The number of H-pyrrole nitrogens is 1. The molecule has 0 saturated heterocycles. The summed E-state index contributed by atoms with van der Waals surface area (Å²) in [5, 5.41) is 8.71. The molecule has 4 N–H and O–H groups in total. The van der Waals surface area contributed by atoms with Crippen LogP contribution in [0.15, 0.2) is 21.9 Å².